The molecule has 1 aromatic carbocycles. The van der Waals surface area contributed by atoms with E-state index in [0.29, 0.717) is 35.5 Å². The van der Waals surface area contributed by atoms with Crippen LogP contribution >= 0.6 is 0 Å². The lowest BCUT2D eigenvalue weighted by Crippen LogP contribution is -2.35. The van der Waals surface area contributed by atoms with Gasteiger partial charge in [0.2, 0.25) is 5.88 Å². The van der Waals surface area contributed by atoms with Gasteiger partial charge in [0, 0.05) is 30.4 Å². The molecule has 1 aliphatic rings. The minimum absolute atomic E-state index is 0.314. The first-order valence-electron chi connectivity index (χ1n) is 8.82. The van der Waals surface area contributed by atoms with Crippen molar-refractivity contribution < 1.29 is 13.5 Å². The maximum absolute atomic E-state index is 13.3. The molecule has 0 bridgehead atoms. The summed E-state index contributed by atoms with van der Waals surface area (Å²) in [5.74, 6) is 0.815. The normalized spacial score (nSPS) is 15.6. The van der Waals surface area contributed by atoms with Gasteiger partial charge >= 0.3 is 0 Å². The summed E-state index contributed by atoms with van der Waals surface area (Å²) in [4.78, 5) is 14.9. The number of benzene rings is 1. The third-order valence-electron chi connectivity index (χ3n) is 4.97. The zero-order chi connectivity index (χ0) is 18.1. The monoisotopic (exact) mass is 356 g/mol. The number of ether oxygens (including phenoxy) is 1. The van der Waals surface area contributed by atoms with Crippen molar-refractivity contribution in [1.82, 2.24) is 15.0 Å². The van der Waals surface area contributed by atoms with E-state index in [9.17, 15) is 4.39 Å². The molecule has 0 radical (unpaired) electrons. The summed E-state index contributed by atoms with van der Waals surface area (Å²) in [7, 11) is 0. The predicted octanol–water partition coefficient (Wildman–Crippen LogP) is 3.67. The van der Waals surface area contributed by atoms with Crippen LogP contribution in [0.15, 0.2) is 28.9 Å². The van der Waals surface area contributed by atoms with Gasteiger partial charge in [0.1, 0.15) is 17.7 Å². The number of hydrogen-bond donors (Lipinski definition) is 0. The molecular formula is C19H21FN4O2. The number of nitrogens with zero attached hydrogens (tertiary/aromatic N) is 4. The molecule has 1 saturated heterocycles. The Bertz CT molecular complexity index is 919. The second-order valence-electron chi connectivity index (χ2n) is 6.74. The van der Waals surface area contributed by atoms with E-state index in [1.54, 1.807) is 6.07 Å². The van der Waals surface area contributed by atoms with Crippen molar-refractivity contribution in [2.45, 2.75) is 26.7 Å². The van der Waals surface area contributed by atoms with Crippen molar-refractivity contribution >= 4 is 17.1 Å². The first kappa shape index (κ1) is 16.8. The van der Waals surface area contributed by atoms with Crippen LogP contribution in [-0.4, -0.2) is 34.6 Å². The first-order valence-corrected chi connectivity index (χ1v) is 8.82. The molecule has 6 nitrogen and oxygen atoms in total. The molecule has 0 amide bonds. The topological polar surface area (TPSA) is 64.3 Å². The molecule has 0 saturated carbocycles. The maximum atomic E-state index is 13.3. The van der Waals surface area contributed by atoms with Gasteiger partial charge in [0.05, 0.1) is 6.61 Å². The summed E-state index contributed by atoms with van der Waals surface area (Å²) >= 11 is 0. The fourth-order valence-corrected chi connectivity index (χ4v) is 3.17. The van der Waals surface area contributed by atoms with Crippen LogP contribution in [0.2, 0.25) is 0 Å². The lowest BCUT2D eigenvalue weighted by molar-refractivity contribution is 0.213. The van der Waals surface area contributed by atoms with Gasteiger partial charge in [-0.1, -0.05) is 0 Å². The minimum Gasteiger partial charge on any atom is -0.477 e. The van der Waals surface area contributed by atoms with Gasteiger partial charge in [-0.2, -0.15) is 4.98 Å². The second kappa shape index (κ2) is 6.90. The second-order valence-corrected chi connectivity index (χ2v) is 6.74. The molecule has 0 unspecified atom stereocenters. The van der Waals surface area contributed by atoms with Crippen molar-refractivity contribution in [2.75, 3.05) is 24.6 Å². The van der Waals surface area contributed by atoms with Gasteiger partial charge in [-0.25, -0.2) is 14.4 Å². The zero-order valence-electron chi connectivity index (χ0n) is 14.9. The highest BCUT2D eigenvalue weighted by molar-refractivity contribution is 5.74. The minimum atomic E-state index is -0.314. The van der Waals surface area contributed by atoms with Crippen LogP contribution in [0, 0.1) is 25.6 Å². The van der Waals surface area contributed by atoms with Crippen LogP contribution in [0.4, 0.5) is 10.4 Å². The van der Waals surface area contributed by atoms with Crippen LogP contribution in [0.5, 0.6) is 5.88 Å². The fraction of sp³-hybridized carbons (Fsp3) is 0.421. The number of aromatic nitrogens is 3. The third-order valence-corrected chi connectivity index (χ3v) is 4.97. The number of anilines is 1. The van der Waals surface area contributed by atoms with Crippen molar-refractivity contribution in [3.63, 3.8) is 0 Å². The number of oxazole rings is 1. The number of aryl methyl sites for hydroxylation is 1. The first-order chi connectivity index (χ1) is 12.6. The Morgan fingerprint density at radius 2 is 2.04 bits per heavy atom. The molecule has 0 atom stereocenters. The summed E-state index contributed by atoms with van der Waals surface area (Å²) in [6.07, 6.45) is 3.50. The Hall–Kier alpha value is -2.70. The molecular weight excluding hydrogens is 335 g/mol. The molecule has 0 N–H and O–H groups in total. The molecule has 3 heterocycles. The summed E-state index contributed by atoms with van der Waals surface area (Å²) < 4.78 is 24.9. The van der Waals surface area contributed by atoms with Gasteiger partial charge in [-0.3, -0.25) is 0 Å². The SMILES string of the molecule is Cc1ncnc(OCC2CCN(c3nc4ccc(F)cc4o3)CC2)c1C. The molecule has 1 aliphatic heterocycles. The molecule has 4 rings (SSSR count). The molecule has 136 valence electrons. The third kappa shape index (κ3) is 3.34. The largest absolute Gasteiger partial charge is 0.477 e. The van der Waals surface area contributed by atoms with Gasteiger partial charge in [-0.15, -0.1) is 0 Å². The highest BCUT2D eigenvalue weighted by Gasteiger charge is 2.23. The van der Waals surface area contributed by atoms with Gasteiger partial charge in [0.15, 0.2) is 5.58 Å². The number of rotatable bonds is 4. The highest BCUT2D eigenvalue weighted by Crippen LogP contribution is 2.27. The number of halogens is 1. The summed E-state index contributed by atoms with van der Waals surface area (Å²) in [6, 6.07) is 4.98. The quantitative estimate of drug-likeness (QED) is 0.711. The Morgan fingerprint density at radius 1 is 1.23 bits per heavy atom. The Labute approximate surface area is 151 Å². The van der Waals surface area contributed by atoms with Gasteiger partial charge in [0.25, 0.3) is 6.01 Å². The van der Waals surface area contributed by atoms with Crippen LogP contribution in [0.1, 0.15) is 24.1 Å². The zero-order valence-corrected chi connectivity index (χ0v) is 14.9. The van der Waals surface area contributed by atoms with Crippen molar-refractivity contribution in [3.05, 3.63) is 41.6 Å². The van der Waals surface area contributed by atoms with Crippen LogP contribution < -0.4 is 9.64 Å². The predicted molar refractivity (Wildman–Crippen MR) is 95.9 cm³/mol. The Morgan fingerprint density at radius 3 is 2.85 bits per heavy atom. The molecule has 0 aliphatic carbocycles. The van der Waals surface area contributed by atoms with E-state index in [2.05, 4.69) is 19.9 Å². The van der Waals surface area contributed by atoms with Crippen LogP contribution in [0.3, 0.4) is 0 Å². The van der Waals surface area contributed by atoms with Crippen molar-refractivity contribution in [1.29, 1.82) is 0 Å². The molecule has 26 heavy (non-hydrogen) atoms. The molecule has 7 heteroatoms. The average molecular weight is 356 g/mol. The van der Waals surface area contributed by atoms with E-state index in [1.807, 2.05) is 13.8 Å². The fourth-order valence-electron chi connectivity index (χ4n) is 3.17. The lowest BCUT2D eigenvalue weighted by atomic mass is 9.98. The summed E-state index contributed by atoms with van der Waals surface area (Å²) in [5.41, 5.74) is 3.10. The van der Waals surface area contributed by atoms with Crippen LogP contribution in [-0.2, 0) is 0 Å². The van der Waals surface area contributed by atoms with Gasteiger partial charge in [-0.05, 0) is 44.7 Å². The number of piperidine rings is 1. The lowest BCUT2D eigenvalue weighted by Gasteiger charge is -2.30. The molecule has 2 aromatic heterocycles. The van der Waals surface area contributed by atoms with Crippen molar-refractivity contribution in [3.8, 4) is 5.88 Å². The highest BCUT2D eigenvalue weighted by atomic mass is 19.1. The maximum Gasteiger partial charge on any atom is 0.298 e. The smallest absolute Gasteiger partial charge is 0.298 e. The summed E-state index contributed by atoms with van der Waals surface area (Å²) in [6.45, 7) is 6.25. The Balaban J connectivity index is 1.35. The number of hydrogen-bond acceptors (Lipinski definition) is 6. The van der Waals surface area contributed by atoms with Crippen molar-refractivity contribution in [2.24, 2.45) is 5.92 Å². The average Bonchev–Trinajstić information content (AvgIpc) is 3.06. The standard InChI is InChI=1S/C19H21FN4O2/c1-12-13(2)21-11-22-18(12)25-10-14-5-7-24(8-6-14)19-23-16-4-3-15(20)9-17(16)26-19/h3-4,9,11,14H,5-8,10H2,1-2H3. The van der Waals surface area contributed by atoms with E-state index in [0.717, 1.165) is 37.2 Å². The molecule has 1 fully saturated rings. The van der Waals surface area contributed by atoms with E-state index >= 15 is 0 Å². The van der Waals surface area contributed by atoms with Crippen LogP contribution in [0.25, 0.3) is 11.1 Å². The summed E-state index contributed by atoms with van der Waals surface area (Å²) in [5, 5.41) is 0. The van der Waals surface area contributed by atoms with E-state index in [-0.39, 0.29) is 5.82 Å². The Kier molecular flexibility index (Phi) is 4.44. The van der Waals surface area contributed by atoms with E-state index in [4.69, 9.17) is 9.15 Å². The van der Waals surface area contributed by atoms with E-state index in [1.165, 1.54) is 18.5 Å². The number of fused-ring (bicyclic) bond motifs is 1. The molecule has 0 spiro atoms. The van der Waals surface area contributed by atoms with E-state index < -0.39 is 0 Å². The van der Waals surface area contributed by atoms with Gasteiger partial charge < -0.3 is 14.1 Å². The molecule has 3 aromatic rings.